The van der Waals surface area contributed by atoms with Gasteiger partial charge in [0.05, 0.1) is 0 Å². The number of hydrogen-bond acceptors (Lipinski definition) is 5. The lowest BCUT2D eigenvalue weighted by Gasteiger charge is -2.29. The first kappa shape index (κ1) is 21.2. The standard InChI is InChI=1S/C17H26NO6P/c1-13(2)11-17(15(19)20,25(22)23-3)9-10-18-16(21)24-12-14-7-5-4-6-8-14/h4-8,13,25H,9-12H2,1-3H3,(H,18,21)(H,19,20). The van der Waals surface area contributed by atoms with E-state index in [9.17, 15) is 19.3 Å². The lowest BCUT2D eigenvalue weighted by molar-refractivity contribution is -0.141. The zero-order chi connectivity index (χ0) is 18.9. The Morgan fingerprint density at radius 2 is 1.92 bits per heavy atom. The van der Waals surface area contributed by atoms with E-state index in [2.05, 4.69) is 5.32 Å². The van der Waals surface area contributed by atoms with Crippen molar-refractivity contribution < 1.29 is 28.5 Å². The molecule has 0 radical (unpaired) electrons. The SMILES string of the molecule is CO[PH](=O)C(CCNC(=O)OCc1ccccc1)(CC(C)C)C(=O)O. The van der Waals surface area contributed by atoms with Crippen LogP contribution in [0.1, 0.15) is 32.3 Å². The Balaban J connectivity index is 2.59. The normalized spacial score (nSPS) is 14.6. The zero-order valence-electron chi connectivity index (χ0n) is 14.8. The highest BCUT2D eigenvalue weighted by molar-refractivity contribution is 7.42. The van der Waals surface area contributed by atoms with Crippen LogP contribution < -0.4 is 5.32 Å². The molecule has 1 aromatic rings. The van der Waals surface area contributed by atoms with Crippen LogP contribution in [0.15, 0.2) is 30.3 Å². The molecule has 0 bridgehead atoms. The number of ether oxygens (including phenoxy) is 1. The molecule has 0 saturated heterocycles. The average Bonchev–Trinajstić information content (AvgIpc) is 2.58. The van der Waals surface area contributed by atoms with Gasteiger partial charge in [-0.2, -0.15) is 0 Å². The molecular weight excluding hydrogens is 345 g/mol. The van der Waals surface area contributed by atoms with Gasteiger partial charge in [0.2, 0.25) is 8.03 Å². The summed E-state index contributed by atoms with van der Waals surface area (Å²) in [5, 5.41) is 10.6. The molecule has 2 N–H and O–H groups in total. The van der Waals surface area contributed by atoms with Gasteiger partial charge >= 0.3 is 12.1 Å². The van der Waals surface area contributed by atoms with Crippen molar-refractivity contribution in [3.8, 4) is 0 Å². The first-order valence-electron chi connectivity index (χ1n) is 8.08. The van der Waals surface area contributed by atoms with E-state index in [1.807, 2.05) is 44.2 Å². The summed E-state index contributed by atoms with van der Waals surface area (Å²) in [7, 11) is -1.58. The highest BCUT2D eigenvalue weighted by Crippen LogP contribution is 2.46. The monoisotopic (exact) mass is 371 g/mol. The molecule has 1 rings (SSSR count). The molecule has 7 nitrogen and oxygen atoms in total. The van der Waals surface area contributed by atoms with Crippen molar-refractivity contribution >= 4 is 20.1 Å². The van der Waals surface area contributed by atoms with Gasteiger partial charge in [0.1, 0.15) is 11.8 Å². The molecule has 0 saturated carbocycles. The number of carboxylic acids is 1. The fraction of sp³-hybridized carbons (Fsp3) is 0.529. The predicted molar refractivity (Wildman–Crippen MR) is 95.1 cm³/mol. The summed E-state index contributed by atoms with van der Waals surface area (Å²) in [5.74, 6) is -1.16. The lowest BCUT2D eigenvalue weighted by atomic mass is 9.93. The van der Waals surface area contributed by atoms with E-state index in [0.717, 1.165) is 5.56 Å². The van der Waals surface area contributed by atoms with Gasteiger partial charge in [-0.05, 0) is 24.3 Å². The Hall–Kier alpha value is -1.85. The maximum atomic E-state index is 12.2. The summed E-state index contributed by atoms with van der Waals surface area (Å²) in [5.41, 5.74) is 0.849. The van der Waals surface area contributed by atoms with Crippen molar-refractivity contribution in [2.24, 2.45) is 5.92 Å². The summed E-state index contributed by atoms with van der Waals surface area (Å²) >= 11 is 0. The molecule has 8 heteroatoms. The molecule has 0 aromatic heterocycles. The lowest BCUT2D eigenvalue weighted by Crippen LogP contribution is -2.40. The van der Waals surface area contributed by atoms with Crippen molar-refractivity contribution in [3.63, 3.8) is 0 Å². The second kappa shape index (κ2) is 10.2. The van der Waals surface area contributed by atoms with Crippen LogP contribution in [0.3, 0.4) is 0 Å². The zero-order valence-corrected chi connectivity index (χ0v) is 15.8. The largest absolute Gasteiger partial charge is 0.480 e. The molecule has 140 valence electrons. The maximum absolute atomic E-state index is 12.2. The Morgan fingerprint density at radius 3 is 2.44 bits per heavy atom. The van der Waals surface area contributed by atoms with E-state index < -0.39 is 25.2 Å². The number of rotatable bonds is 10. The summed E-state index contributed by atoms with van der Waals surface area (Å²) < 4.78 is 22.2. The highest BCUT2D eigenvalue weighted by Gasteiger charge is 2.45. The summed E-state index contributed by atoms with van der Waals surface area (Å²) in [4.78, 5) is 23.5. The van der Waals surface area contributed by atoms with Gasteiger partial charge in [-0.25, -0.2) is 4.79 Å². The van der Waals surface area contributed by atoms with Crippen LogP contribution in [0.2, 0.25) is 0 Å². The minimum Gasteiger partial charge on any atom is -0.480 e. The molecular formula is C17H26NO6P. The van der Waals surface area contributed by atoms with Gasteiger partial charge in [0.15, 0.2) is 0 Å². The topological polar surface area (TPSA) is 102 Å². The van der Waals surface area contributed by atoms with Crippen molar-refractivity contribution in [3.05, 3.63) is 35.9 Å². The smallest absolute Gasteiger partial charge is 0.407 e. The molecule has 0 fully saturated rings. The minimum absolute atomic E-state index is 0.00653. The van der Waals surface area contributed by atoms with Crippen molar-refractivity contribution in [2.75, 3.05) is 13.7 Å². The van der Waals surface area contributed by atoms with Crippen LogP contribution in [0.4, 0.5) is 4.79 Å². The molecule has 0 heterocycles. The van der Waals surface area contributed by atoms with Gasteiger partial charge in [0, 0.05) is 13.7 Å². The number of hydrogen-bond donors (Lipinski definition) is 2. The Kier molecular flexibility index (Phi) is 8.66. The molecule has 0 aliphatic rings. The van der Waals surface area contributed by atoms with E-state index in [1.165, 1.54) is 7.11 Å². The second-order valence-electron chi connectivity index (χ2n) is 6.22. The minimum atomic E-state index is -2.82. The Morgan fingerprint density at radius 1 is 1.28 bits per heavy atom. The van der Waals surface area contributed by atoms with Gasteiger partial charge in [-0.15, -0.1) is 0 Å². The number of nitrogens with one attached hydrogen (secondary N) is 1. The van der Waals surface area contributed by atoms with E-state index in [4.69, 9.17) is 9.26 Å². The van der Waals surface area contributed by atoms with Gasteiger partial charge < -0.3 is 19.7 Å². The molecule has 0 aliphatic carbocycles. The quantitative estimate of drug-likeness (QED) is 0.612. The molecule has 2 atom stereocenters. The average molecular weight is 371 g/mol. The predicted octanol–water partition coefficient (Wildman–Crippen LogP) is 3.29. The summed E-state index contributed by atoms with van der Waals surface area (Å²) in [6.45, 7) is 3.86. The molecule has 2 unspecified atom stereocenters. The van der Waals surface area contributed by atoms with Gasteiger partial charge in [-0.3, -0.25) is 9.36 Å². The molecule has 0 aliphatic heterocycles. The molecule has 1 amide bonds. The summed E-state index contributed by atoms with van der Waals surface area (Å²) in [6, 6.07) is 9.20. The van der Waals surface area contributed by atoms with Crippen LogP contribution in [0, 0.1) is 5.92 Å². The van der Waals surface area contributed by atoms with Gasteiger partial charge in [-0.1, -0.05) is 44.2 Å². The Labute approximate surface area is 148 Å². The number of aliphatic carboxylic acids is 1. The van der Waals surface area contributed by atoms with Crippen molar-refractivity contribution in [1.29, 1.82) is 0 Å². The maximum Gasteiger partial charge on any atom is 0.407 e. The third kappa shape index (κ3) is 6.52. The first-order valence-corrected chi connectivity index (χ1v) is 9.40. The van der Waals surface area contributed by atoms with E-state index in [-0.39, 0.29) is 31.9 Å². The van der Waals surface area contributed by atoms with Crippen LogP contribution in [-0.4, -0.2) is 36.0 Å². The second-order valence-corrected chi connectivity index (χ2v) is 8.16. The third-order valence-corrected chi connectivity index (χ3v) is 5.60. The third-order valence-electron chi connectivity index (χ3n) is 3.78. The first-order chi connectivity index (χ1) is 11.8. The number of alkyl carbamates (subject to hydrolysis) is 1. The molecule has 25 heavy (non-hydrogen) atoms. The molecule has 1 aromatic carbocycles. The summed E-state index contributed by atoms with van der Waals surface area (Å²) in [6.07, 6.45) is -0.439. The number of carbonyl (C=O) groups is 2. The fourth-order valence-electron chi connectivity index (χ4n) is 2.61. The van der Waals surface area contributed by atoms with E-state index in [0.29, 0.717) is 0 Å². The molecule has 0 spiro atoms. The van der Waals surface area contributed by atoms with E-state index >= 15 is 0 Å². The van der Waals surface area contributed by atoms with Crippen LogP contribution in [0.5, 0.6) is 0 Å². The fourth-order valence-corrected chi connectivity index (χ4v) is 4.08. The van der Waals surface area contributed by atoms with Crippen molar-refractivity contribution in [2.45, 2.75) is 38.5 Å². The Bertz CT molecular complexity index is 592. The number of amides is 1. The number of carbonyl (C=O) groups excluding carboxylic acids is 1. The van der Waals surface area contributed by atoms with Gasteiger partial charge in [0.25, 0.3) is 0 Å². The van der Waals surface area contributed by atoms with Crippen LogP contribution in [-0.2, 0) is 25.2 Å². The van der Waals surface area contributed by atoms with Crippen LogP contribution in [0.25, 0.3) is 0 Å². The van der Waals surface area contributed by atoms with Crippen molar-refractivity contribution in [1.82, 2.24) is 5.32 Å². The highest BCUT2D eigenvalue weighted by atomic mass is 31.1. The number of benzene rings is 1. The van der Waals surface area contributed by atoms with Crippen LogP contribution >= 0.6 is 8.03 Å². The van der Waals surface area contributed by atoms with E-state index in [1.54, 1.807) is 0 Å². The number of carboxylic acid groups (broad SMARTS) is 1.